The normalized spacial score (nSPS) is 11.2. The van der Waals surface area contributed by atoms with Crippen LogP contribution in [-0.2, 0) is 15.8 Å². The van der Waals surface area contributed by atoms with Gasteiger partial charge in [-0.25, -0.2) is 0 Å². The largest absolute Gasteiger partial charge is 0.480 e. The number of aryl methyl sites for hydroxylation is 1. The minimum absolute atomic E-state index is 0.0131. The van der Waals surface area contributed by atoms with E-state index in [9.17, 15) is 9.36 Å². The van der Waals surface area contributed by atoms with Crippen molar-refractivity contribution in [3.05, 3.63) is 23.8 Å². The molecule has 0 aliphatic heterocycles. The van der Waals surface area contributed by atoms with Crippen LogP contribution in [0.15, 0.2) is 18.2 Å². The van der Waals surface area contributed by atoms with Gasteiger partial charge in [-0.3, -0.25) is 9.36 Å². The zero-order valence-electron chi connectivity index (χ0n) is 9.25. The topological polar surface area (TPSA) is 107 Å². The standard InChI is InChI=1S/C10H14NO5P/c1-2-7-5-8(11-6-10(12)13)3-4-9(7)17(14,15)16/h3-5,11H,2,6H2,1H3,(H,12,13)(H2,14,15,16). The van der Waals surface area contributed by atoms with Crippen LogP contribution < -0.4 is 10.6 Å². The number of carbonyl (C=O) groups is 1. The average molecular weight is 259 g/mol. The number of benzene rings is 1. The Morgan fingerprint density at radius 1 is 1.41 bits per heavy atom. The summed E-state index contributed by atoms with van der Waals surface area (Å²) in [5.74, 6) is -0.998. The van der Waals surface area contributed by atoms with Gasteiger partial charge in [0.15, 0.2) is 0 Å². The highest BCUT2D eigenvalue weighted by Crippen LogP contribution is 2.35. The van der Waals surface area contributed by atoms with E-state index >= 15 is 0 Å². The third-order valence-corrected chi connectivity index (χ3v) is 3.28. The summed E-state index contributed by atoms with van der Waals surface area (Å²) in [6.45, 7) is 1.54. The highest BCUT2D eigenvalue weighted by molar-refractivity contribution is 7.60. The van der Waals surface area contributed by atoms with Gasteiger partial charge in [-0.2, -0.15) is 0 Å². The molecule has 0 fully saturated rings. The fourth-order valence-corrected chi connectivity index (χ4v) is 2.31. The molecule has 0 aromatic heterocycles. The Hall–Kier alpha value is -1.36. The van der Waals surface area contributed by atoms with Crippen LogP contribution in [0.1, 0.15) is 12.5 Å². The molecule has 0 saturated carbocycles. The lowest BCUT2D eigenvalue weighted by atomic mass is 10.1. The Kier molecular flexibility index (Phi) is 4.28. The Balaban J connectivity index is 3.01. The minimum atomic E-state index is -4.27. The van der Waals surface area contributed by atoms with Crippen LogP contribution >= 0.6 is 7.60 Å². The maximum atomic E-state index is 11.2. The Bertz CT molecular complexity index is 468. The Morgan fingerprint density at radius 2 is 2.06 bits per heavy atom. The van der Waals surface area contributed by atoms with Crippen LogP contribution in [0.5, 0.6) is 0 Å². The van der Waals surface area contributed by atoms with E-state index in [4.69, 9.17) is 14.9 Å². The van der Waals surface area contributed by atoms with Crippen molar-refractivity contribution in [3.8, 4) is 0 Å². The molecule has 0 aliphatic carbocycles. The molecule has 0 amide bonds. The molecule has 7 heteroatoms. The SMILES string of the molecule is CCc1cc(NCC(=O)O)ccc1P(=O)(O)O. The zero-order valence-corrected chi connectivity index (χ0v) is 10.1. The van der Waals surface area contributed by atoms with Gasteiger partial charge in [0.05, 0.1) is 5.30 Å². The number of carboxylic acid groups (broad SMARTS) is 1. The number of aliphatic carboxylic acids is 1. The summed E-state index contributed by atoms with van der Waals surface area (Å²) in [5.41, 5.74) is 1.04. The smallest absolute Gasteiger partial charge is 0.356 e. The van der Waals surface area contributed by atoms with Crippen LogP contribution in [0, 0.1) is 0 Å². The molecule has 1 rings (SSSR count). The van der Waals surface area contributed by atoms with Crippen molar-refractivity contribution in [1.82, 2.24) is 0 Å². The number of nitrogens with one attached hydrogen (secondary N) is 1. The highest BCUT2D eigenvalue weighted by Gasteiger charge is 2.20. The van der Waals surface area contributed by atoms with Crippen LogP contribution in [-0.4, -0.2) is 27.4 Å². The van der Waals surface area contributed by atoms with E-state index in [0.29, 0.717) is 17.7 Å². The van der Waals surface area contributed by atoms with E-state index in [1.165, 1.54) is 12.1 Å². The highest BCUT2D eigenvalue weighted by atomic mass is 31.2. The van der Waals surface area contributed by atoms with E-state index < -0.39 is 13.6 Å². The molecule has 0 aliphatic rings. The number of rotatable bonds is 5. The van der Waals surface area contributed by atoms with Gasteiger partial charge in [0.2, 0.25) is 0 Å². The van der Waals surface area contributed by atoms with Gasteiger partial charge in [0.1, 0.15) is 6.54 Å². The summed E-state index contributed by atoms with van der Waals surface area (Å²) in [4.78, 5) is 28.6. The predicted octanol–water partition coefficient (Wildman–Crippen LogP) is 0.548. The van der Waals surface area contributed by atoms with Crippen molar-refractivity contribution >= 4 is 24.6 Å². The van der Waals surface area contributed by atoms with E-state index in [-0.39, 0.29) is 11.8 Å². The molecule has 0 spiro atoms. The molecule has 1 aromatic carbocycles. The maximum Gasteiger partial charge on any atom is 0.356 e. The fraction of sp³-hybridized carbons (Fsp3) is 0.300. The molecule has 0 radical (unpaired) electrons. The van der Waals surface area contributed by atoms with Crippen molar-refractivity contribution in [2.75, 3.05) is 11.9 Å². The van der Waals surface area contributed by atoms with Crippen molar-refractivity contribution in [3.63, 3.8) is 0 Å². The van der Waals surface area contributed by atoms with Crippen LogP contribution in [0.4, 0.5) is 5.69 Å². The summed E-state index contributed by atoms with van der Waals surface area (Å²) in [7, 11) is -4.27. The van der Waals surface area contributed by atoms with E-state index in [1.54, 1.807) is 13.0 Å². The molecule has 94 valence electrons. The van der Waals surface area contributed by atoms with Crippen molar-refractivity contribution < 1.29 is 24.3 Å². The number of hydrogen-bond donors (Lipinski definition) is 4. The lowest BCUT2D eigenvalue weighted by Crippen LogP contribution is -2.15. The Morgan fingerprint density at radius 3 is 2.53 bits per heavy atom. The predicted molar refractivity (Wildman–Crippen MR) is 63.6 cm³/mol. The van der Waals surface area contributed by atoms with E-state index in [1.807, 2.05) is 0 Å². The molecule has 6 nitrogen and oxygen atoms in total. The summed E-state index contributed by atoms with van der Waals surface area (Å²) >= 11 is 0. The van der Waals surface area contributed by atoms with Crippen molar-refractivity contribution in [1.29, 1.82) is 0 Å². The summed E-state index contributed by atoms with van der Waals surface area (Å²) in [6, 6.07) is 4.33. The first kappa shape index (κ1) is 13.7. The first-order valence-corrected chi connectivity index (χ1v) is 6.60. The monoisotopic (exact) mass is 259 g/mol. The quantitative estimate of drug-likeness (QED) is 0.575. The van der Waals surface area contributed by atoms with Crippen molar-refractivity contribution in [2.24, 2.45) is 0 Å². The molecule has 0 unspecified atom stereocenters. The number of hydrogen-bond acceptors (Lipinski definition) is 3. The average Bonchev–Trinajstić information content (AvgIpc) is 2.24. The molecule has 0 heterocycles. The second kappa shape index (κ2) is 5.31. The first-order chi connectivity index (χ1) is 7.84. The van der Waals surface area contributed by atoms with Crippen LogP contribution in [0.25, 0.3) is 0 Å². The molecule has 4 N–H and O–H groups in total. The third-order valence-electron chi connectivity index (χ3n) is 2.22. The summed E-state index contributed by atoms with van der Waals surface area (Å²) < 4.78 is 11.2. The lowest BCUT2D eigenvalue weighted by molar-refractivity contribution is -0.134. The van der Waals surface area contributed by atoms with Gasteiger partial charge in [-0.05, 0) is 30.2 Å². The molecule has 0 saturated heterocycles. The van der Waals surface area contributed by atoms with Gasteiger partial charge in [-0.1, -0.05) is 6.92 Å². The minimum Gasteiger partial charge on any atom is -0.480 e. The van der Waals surface area contributed by atoms with E-state index in [2.05, 4.69) is 5.32 Å². The summed E-state index contributed by atoms with van der Waals surface area (Å²) in [5, 5.41) is 11.1. The van der Waals surface area contributed by atoms with Gasteiger partial charge >= 0.3 is 13.6 Å². The maximum absolute atomic E-state index is 11.2. The second-order valence-corrected chi connectivity index (χ2v) is 5.06. The lowest BCUT2D eigenvalue weighted by Gasteiger charge is -2.12. The molecule has 0 bridgehead atoms. The van der Waals surface area contributed by atoms with E-state index in [0.717, 1.165) is 0 Å². The van der Waals surface area contributed by atoms with Gasteiger partial charge in [0.25, 0.3) is 0 Å². The number of carboxylic acids is 1. The van der Waals surface area contributed by atoms with Gasteiger partial charge < -0.3 is 20.2 Å². The fourth-order valence-electron chi connectivity index (χ4n) is 1.44. The Labute approximate surface area is 98.4 Å². The summed E-state index contributed by atoms with van der Waals surface area (Å²) in [6.07, 6.45) is 0.461. The third kappa shape index (κ3) is 3.85. The second-order valence-electron chi connectivity index (χ2n) is 3.49. The molecule has 17 heavy (non-hydrogen) atoms. The first-order valence-electron chi connectivity index (χ1n) is 4.99. The van der Waals surface area contributed by atoms with Crippen LogP contribution in [0.3, 0.4) is 0 Å². The van der Waals surface area contributed by atoms with Crippen LogP contribution in [0.2, 0.25) is 0 Å². The van der Waals surface area contributed by atoms with Gasteiger partial charge in [-0.15, -0.1) is 0 Å². The molecular weight excluding hydrogens is 245 g/mol. The van der Waals surface area contributed by atoms with Gasteiger partial charge in [0, 0.05) is 5.69 Å². The zero-order chi connectivity index (χ0) is 13.1. The van der Waals surface area contributed by atoms with Crippen molar-refractivity contribution in [2.45, 2.75) is 13.3 Å². The number of anilines is 1. The molecule has 1 aromatic rings. The molecule has 0 atom stereocenters. The molecular formula is C10H14NO5P.